The first-order valence-electron chi connectivity index (χ1n) is 9.68. The van der Waals surface area contributed by atoms with Gasteiger partial charge in [0.05, 0.1) is 13.7 Å². The molecule has 0 atom stereocenters. The molecule has 1 fully saturated rings. The molecule has 2 N–H and O–H groups in total. The van der Waals surface area contributed by atoms with Crippen LogP contribution in [0.3, 0.4) is 0 Å². The standard InChI is InChI=1S/C22H29N3O3/c1-27-21-8-6-20(7-9-21)19-4-2-18(3-5-19)16-25-12-10-24(11-13-25)14-15-28-17-22(23)26/h2-9H,10-17H2,1H3,(H2,23,26). The van der Waals surface area contributed by atoms with Crippen LogP contribution in [0, 0.1) is 0 Å². The van der Waals surface area contributed by atoms with Crippen molar-refractivity contribution in [1.82, 2.24) is 9.80 Å². The summed E-state index contributed by atoms with van der Waals surface area (Å²) in [6.45, 7) is 6.48. The number of benzene rings is 2. The quantitative estimate of drug-likeness (QED) is 0.671. The number of piperazine rings is 1. The Morgan fingerprint density at radius 3 is 2.07 bits per heavy atom. The number of amides is 1. The highest BCUT2D eigenvalue weighted by molar-refractivity contribution is 5.74. The van der Waals surface area contributed by atoms with Crippen LogP contribution in [0.1, 0.15) is 5.56 Å². The summed E-state index contributed by atoms with van der Waals surface area (Å²) >= 11 is 0. The Kier molecular flexibility index (Phi) is 7.42. The minimum absolute atomic E-state index is 0.00643. The SMILES string of the molecule is COc1ccc(-c2ccc(CN3CCN(CCOCC(N)=O)CC3)cc2)cc1. The van der Waals surface area contributed by atoms with E-state index in [1.54, 1.807) is 7.11 Å². The first-order valence-corrected chi connectivity index (χ1v) is 9.68. The number of rotatable bonds is 9. The summed E-state index contributed by atoms with van der Waals surface area (Å²) in [7, 11) is 1.68. The largest absolute Gasteiger partial charge is 0.497 e. The van der Waals surface area contributed by atoms with Crippen LogP contribution in [0.4, 0.5) is 0 Å². The maximum atomic E-state index is 10.7. The number of methoxy groups -OCH3 is 1. The molecule has 2 aromatic carbocycles. The van der Waals surface area contributed by atoms with Crippen molar-refractivity contribution >= 4 is 5.91 Å². The molecule has 1 amide bonds. The van der Waals surface area contributed by atoms with Crippen LogP contribution in [-0.4, -0.2) is 68.8 Å². The third kappa shape index (κ3) is 6.05. The van der Waals surface area contributed by atoms with E-state index in [0.717, 1.165) is 45.0 Å². The van der Waals surface area contributed by atoms with E-state index >= 15 is 0 Å². The Morgan fingerprint density at radius 1 is 0.929 bits per heavy atom. The van der Waals surface area contributed by atoms with E-state index in [0.29, 0.717) is 6.61 Å². The van der Waals surface area contributed by atoms with E-state index in [4.69, 9.17) is 15.2 Å². The first-order chi connectivity index (χ1) is 13.6. The zero-order chi connectivity index (χ0) is 19.8. The molecule has 0 spiro atoms. The van der Waals surface area contributed by atoms with Crippen LogP contribution in [0.15, 0.2) is 48.5 Å². The number of carbonyl (C=O) groups is 1. The van der Waals surface area contributed by atoms with E-state index in [1.165, 1.54) is 16.7 Å². The van der Waals surface area contributed by atoms with E-state index in [2.05, 4.69) is 46.2 Å². The van der Waals surface area contributed by atoms with E-state index < -0.39 is 5.91 Å². The number of carbonyl (C=O) groups excluding carboxylic acids is 1. The predicted molar refractivity (Wildman–Crippen MR) is 110 cm³/mol. The van der Waals surface area contributed by atoms with Gasteiger partial charge in [-0.1, -0.05) is 36.4 Å². The van der Waals surface area contributed by atoms with Gasteiger partial charge >= 0.3 is 0 Å². The average molecular weight is 383 g/mol. The van der Waals surface area contributed by atoms with Crippen LogP contribution >= 0.6 is 0 Å². The molecule has 0 aromatic heterocycles. The van der Waals surface area contributed by atoms with Crippen LogP contribution in [0.5, 0.6) is 5.75 Å². The average Bonchev–Trinajstić information content (AvgIpc) is 2.73. The second-order valence-electron chi connectivity index (χ2n) is 7.06. The summed E-state index contributed by atoms with van der Waals surface area (Å²) in [5, 5.41) is 0. The number of ether oxygens (including phenoxy) is 2. The molecule has 6 heteroatoms. The van der Waals surface area contributed by atoms with Crippen molar-refractivity contribution in [2.75, 3.05) is 53.0 Å². The van der Waals surface area contributed by atoms with Gasteiger partial charge in [-0.05, 0) is 28.8 Å². The van der Waals surface area contributed by atoms with Gasteiger partial charge in [-0.15, -0.1) is 0 Å². The Balaban J connectivity index is 1.43. The molecule has 0 unspecified atom stereocenters. The zero-order valence-corrected chi connectivity index (χ0v) is 16.5. The van der Waals surface area contributed by atoms with Gasteiger partial charge in [-0.25, -0.2) is 0 Å². The highest BCUT2D eigenvalue weighted by Crippen LogP contribution is 2.23. The summed E-state index contributed by atoms with van der Waals surface area (Å²) in [4.78, 5) is 15.5. The van der Waals surface area contributed by atoms with E-state index in [-0.39, 0.29) is 6.61 Å². The second-order valence-corrected chi connectivity index (χ2v) is 7.06. The lowest BCUT2D eigenvalue weighted by Gasteiger charge is -2.34. The van der Waals surface area contributed by atoms with Crippen molar-refractivity contribution in [2.45, 2.75) is 6.54 Å². The van der Waals surface area contributed by atoms with Gasteiger partial charge < -0.3 is 15.2 Å². The van der Waals surface area contributed by atoms with Gasteiger partial charge in [0.15, 0.2) is 0 Å². The topological polar surface area (TPSA) is 68.0 Å². The van der Waals surface area contributed by atoms with Gasteiger partial charge in [-0.2, -0.15) is 0 Å². The van der Waals surface area contributed by atoms with E-state index in [1.807, 2.05) is 12.1 Å². The molecule has 150 valence electrons. The molecule has 0 radical (unpaired) electrons. The third-order valence-electron chi connectivity index (χ3n) is 5.04. The maximum Gasteiger partial charge on any atom is 0.243 e. The Bertz CT molecular complexity index is 739. The molecule has 1 heterocycles. The summed E-state index contributed by atoms with van der Waals surface area (Å²) in [5.74, 6) is 0.460. The monoisotopic (exact) mass is 383 g/mol. The second kappa shape index (κ2) is 10.2. The van der Waals surface area contributed by atoms with E-state index in [9.17, 15) is 4.79 Å². The third-order valence-corrected chi connectivity index (χ3v) is 5.04. The summed E-state index contributed by atoms with van der Waals surface area (Å²) in [5.41, 5.74) is 8.81. The van der Waals surface area contributed by atoms with Gasteiger partial charge in [0.1, 0.15) is 12.4 Å². The fourth-order valence-electron chi connectivity index (χ4n) is 3.38. The van der Waals surface area contributed by atoms with Crippen LogP contribution in [-0.2, 0) is 16.1 Å². The Morgan fingerprint density at radius 2 is 1.50 bits per heavy atom. The molecule has 3 rings (SSSR count). The van der Waals surface area contributed by atoms with Crippen molar-refractivity contribution in [3.8, 4) is 16.9 Å². The summed E-state index contributed by atoms with van der Waals surface area (Å²) < 4.78 is 10.5. The van der Waals surface area contributed by atoms with Crippen molar-refractivity contribution in [1.29, 1.82) is 0 Å². The number of primary amides is 1. The van der Waals surface area contributed by atoms with Gasteiger partial charge in [0.25, 0.3) is 0 Å². The lowest BCUT2D eigenvalue weighted by Crippen LogP contribution is -2.46. The fraction of sp³-hybridized carbons (Fsp3) is 0.409. The molecule has 6 nitrogen and oxygen atoms in total. The van der Waals surface area contributed by atoms with Gasteiger partial charge in [0.2, 0.25) is 5.91 Å². The number of hydrogen-bond acceptors (Lipinski definition) is 5. The first kappa shape index (κ1) is 20.3. The molecule has 28 heavy (non-hydrogen) atoms. The molecule has 2 aromatic rings. The highest BCUT2D eigenvalue weighted by atomic mass is 16.5. The molecule has 1 aliphatic rings. The minimum Gasteiger partial charge on any atom is -0.497 e. The van der Waals surface area contributed by atoms with Crippen molar-refractivity contribution < 1.29 is 14.3 Å². The molecule has 0 saturated carbocycles. The molecule has 1 saturated heterocycles. The molecule has 0 aliphatic carbocycles. The molecule has 1 aliphatic heterocycles. The zero-order valence-electron chi connectivity index (χ0n) is 16.5. The number of nitrogens with two attached hydrogens (primary N) is 1. The van der Waals surface area contributed by atoms with Gasteiger partial charge in [-0.3, -0.25) is 14.6 Å². The van der Waals surface area contributed by atoms with Crippen LogP contribution in [0.25, 0.3) is 11.1 Å². The van der Waals surface area contributed by atoms with Crippen molar-refractivity contribution in [3.63, 3.8) is 0 Å². The van der Waals surface area contributed by atoms with Gasteiger partial charge in [0, 0.05) is 39.3 Å². The maximum absolute atomic E-state index is 10.7. The van der Waals surface area contributed by atoms with Crippen molar-refractivity contribution in [2.24, 2.45) is 5.73 Å². The minimum atomic E-state index is -0.414. The normalized spacial score (nSPS) is 15.5. The Hall–Kier alpha value is -2.41. The molecular weight excluding hydrogens is 354 g/mol. The van der Waals surface area contributed by atoms with Crippen LogP contribution < -0.4 is 10.5 Å². The van der Waals surface area contributed by atoms with Crippen LogP contribution in [0.2, 0.25) is 0 Å². The number of nitrogens with zero attached hydrogens (tertiary/aromatic N) is 2. The molecule has 0 bridgehead atoms. The Labute approximate surface area is 166 Å². The summed E-state index contributed by atoms with van der Waals surface area (Å²) in [6.07, 6.45) is 0. The molecular formula is C22H29N3O3. The van der Waals surface area contributed by atoms with Crippen molar-refractivity contribution in [3.05, 3.63) is 54.1 Å². The lowest BCUT2D eigenvalue weighted by molar-refractivity contribution is -0.122. The summed E-state index contributed by atoms with van der Waals surface area (Å²) in [6, 6.07) is 16.9. The number of hydrogen-bond donors (Lipinski definition) is 1. The highest BCUT2D eigenvalue weighted by Gasteiger charge is 2.16. The lowest BCUT2D eigenvalue weighted by atomic mass is 10.0. The smallest absolute Gasteiger partial charge is 0.243 e. The fourth-order valence-corrected chi connectivity index (χ4v) is 3.38. The predicted octanol–water partition coefficient (Wildman–Crippen LogP) is 1.98.